The van der Waals surface area contributed by atoms with Crippen LogP contribution in [0.1, 0.15) is 173 Å². The Kier molecular flexibility index (Phi) is 26.4. The quantitative estimate of drug-likeness (QED) is 0.0619. The number of halogens is 4. The van der Waals surface area contributed by atoms with Crippen LogP contribution < -0.4 is 16.8 Å². The predicted molar refractivity (Wildman–Crippen MR) is 388 cm³/mol. The molecule has 6 aromatic carbocycles. The van der Waals surface area contributed by atoms with E-state index in [1.54, 1.807) is 62.5 Å². The molecule has 0 bridgehead atoms. The number of nitrogen functional groups attached to an aromatic ring is 1. The van der Waals surface area contributed by atoms with Gasteiger partial charge in [0.1, 0.15) is 40.0 Å². The Morgan fingerprint density at radius 1 is 0.535 bits per heavy atom. The largest absolute Gasteiger partial charge is 0.477 e. The molecular formula is C78H93ClF3N11O8. The number of ether oxygens (including phenoxy) is 2. The maximum absolute atomic E-state index is 15.4. The van der Waals surface area contributed by atoms with E-state index in [1.165, 1.54) is 10.7 Å². The fourth-order valence-electron chi connectivity index (χ4n) is 11.9. The van der Waals surface area contributed by atoms with Crippen molar-refractivity contribution in [2.45, 2.75) is 166 Å². The van der Waals surface area contributed by atoms with Gasteiger partial charge in [0.25, 0.3) is 0 Å². The molecule has 0 aliphatic carbocycles. The first kappa shape index (κ1) is 78.4. The Labute approximate surface area is 595 Å². The monoisotopic (exact) mass is 1400 g/mol. The first-order valence-electron chi connectivity index (χ1n) is 33.3. The minimum Gasteiger partial charge on any atom is -0.477 e. The fraction of sp³-hybridized carbons (Fsp3) is 0.359. The van der Waals surface area contributed by atoms with Gasteiger partial charge < -0.3 is 41.2 Å². The van der Waals surface area contributed by atoms with Crippen LogP contribution in [0.3, 0.4) is 0 Å². The standard InChI is InChI=1S/C28H32FN3O3.C22H23FN4O.C14H19FN2O2.C13H14N2O2.CH4.ClH/c1-6-19-8-7-9-22(15-19)32-24(14-18(2)30-32)25(33)16-20-10-11-21-17-31(13-12-23(21)26(20)29)27(34)35-28(3,4)5;1-14-9-20(27(26-14)18-4-2-3-15(10-18)12-24)21(28)11-16-5-6-17-13-25-8-7-19(17)22(16)23;1-14(2,3)19-13(18)17-7-6-10-9(8-17)4-5-11(16)12(10)15;1-3-10-5-4-6-11(8-10)15-12(13(16)17)7-9(2)14-15;;/h7-11,14-15H,6,12-13,16-17H2,1-5H3;2-6,9-10,25H,7-8,11-13,24H2,1H3;4-5H,6-8,16H2,1-3H3;4-8H,3H2,1-2H3,(H,16,17);1H4;1H. The number of Topliss-reactive ketones (excluding diaryl/α,β-unsaturated/α-hetero) is 2. The van der Waals surface area contributed by atoms with Gasteiger partial charge in [-0.05, 0) is 223 Å². The molecule has 0 fully saturated rings. The van der Waals surface area contributed by atoms with Crippen molar-refractivity contribution in [1.82, 2.24) is 44.5 Å². The maximum atomic E-state index is 15.4. The van der Waals surface area contributed by atoms with Gasteiger partial charge in [-0.3, -0.25) is 9.59 Å². The zero-order chi connectivity index (χ0) is 71.6. The third-order valence-electron chi connectivity index (χ3n) is 16.9. The third-order valence-corrected chi connectivity index (χ3v) is 16.9. The summed E-state index contributed by atoms with van der Waals surface area (Å²) in [5.41, 5.74) is 24.4. The van der Waals surface area contributed by atoms with Gasteiger partial charge in [0.2, 0.25) is 0 Å². The van der Waals surface area contributed by atoms with Crippen molar-refractivity contribution in [3.05, 3.63) is 240 Å². The average molecular weight is 1410 g/mol. The van der Waals surface area contributed by atoms with Crippen LogP contribution in [-0.4, -0.2) is 105 Å². The van der Waals surface area contributed by atoms with E-state index in [1.807, 2.05) is 140 Å². The van der Waals surface area contributed by atoms with E-state index in [-0.39, 0.29) is 85.7 Å². The minimum absolute atomic E-state index is 0. The number of carbonyl (C=O) groups excluding carboxylic acids is 4. The molecule has 6 N–H and O–H groups in total. The molecule has 536 valence electrons. The lowest BCUT2D eigenvalue weighted by molar-refractivity contribution is 0.0213. The number of carbonyl (C=O) groups is 5. The minimum atomic E-state index is -0.965. The van der Waals surface area contributed by atoms with E-state index in [0.717, 1.165) is 86.8 Å². The molecule has 0 saturated carbocycles. The number of amides is 2. The average Bonchev–Trinajstić information content (AvgIpc) is 1.52. The third kappa shape index (κ3) is 19.8. The molecule has 0 atom stereocenters. The molecule has 101 heavy (non-hydrogen) atoms. The number of fused-ring (bicyclic) bond motifs is 3. The van der Waals surface area contributed by atoms with Crippen molar-refractivity contribution in [3.8, 4) is 17.1 Å². The molecule has 3 aromatic heterocycles. The number of aromatic nitrogens is 6. The Bertz CT molecular complexity index is 4470. The fourth-order valence-corrected chi connectivity index (χ4v) is 11.9. The number of aromatic carboxylic acids is 1. The Hall–Kier alpha value is -9.90. The van der Waals surface area contributed by atoms with Gasteiger partial charge in [0.15, 0.2) is 17.3 Å². The first-order chi connectivity index (χ1) is 47.0. The van der Waals surface area contributed by atoms with E-state index in [9.17, 15) is 32.8 Å². The Morgan fingerprint density at radius 2 is 0.921 bits per heavy atom. The summed E-state index contributed by atoms with van der Waals surface area (Å²) < 4.78 is 59.7. The van der Waals surface area contributed by atoms with Gasteiger partial charge in [-0.25, -0.2) is 41.6 Å². The number of rotatable bonds is 13. The number of benzene rings is 6. The smallest absolute Gasteiger partial charge is 0.410 e. The molecule has 19 nitrogen and oxygen atoms in total. The predicted octanol–water partition coefficient (Wildman–Crippen LogP) is 14.7. The van der Waals surface area contributed by atoms with Crippen molar-refractivity contribution < 1.29 is 51.7 Å². The number of aryl methyl sites for hydroxylation is 5. The summed E-state index contributed by atoms with van der Waals surface area (Å²) >= 11 is 0. The lowest BCUT2D eigenvalue weighted by atomic mass is 9.94. The topological polar surface area (TPSA) is 248 Å². The highest BCUT2D eigenvalue weighted by molar-refractivity contribution is 5.97. The van der Waals surface area contributed by atoms with E-state index >= 15 is 4.39 Å². The normalized spacial score (nSPS) is 13.0. The van der Waals surface area contributed by atoms with Crippen LogP contribution in [0.5, 0.6) is 0 Å². The van der Waals surface area contributed by atoms with E-state index in [2.05, 4.69) is 34.5 Å². The van der Waals surface area contributed by atoms with Gasteiger partial charge in [0, 0.05) is 52.1 Å². The maximum Gasteiger partial charge on any atom is 0.410 e. The highest BCUT2D eigenvalue weighted by Crippen LogP contribution is 2.30. The summed E-state index contributed by atoms with van der Waals surface area (Å²) in [5, 5.41) is 25.5. The van der Waals surface area contributed by atoms with Crippen LogP contribution >= 0.6 is 12.4 Å². The molecule has 12 rings (SSSR count). The Morgan fingerprint density at radius 3 is 1.35 bits per heavy atom. The van der Waals surface area contributed by atoms with Gasteiger partial charge in [0.05, 0.1) is 39.8 Å². The summed E-state index contributed by atoms with van der Waals surface area (Å²) in [6, 6.07) is 38.7. The van der Waals surface area contributed by atoms with Crippen molar-refractivity contribution in [2.75, 3.05) is 25.4 Å². The van der Waals surface area contributed by atoms with Crippen molar-refractivity contribution in [2.24, 2.45) is 5.73 Å². The number of carboxylic acid groups (broad SMARTS) is 1. The highest BCUT2D eigenvalue weighted by Gasteiger charge is 2.31. The number of anilines is 1. The number of hydrogen-bond donors (Lipinski definition) is 4. The lowest BCUT2D eigenvalue weighted by Gasteiger charge is -2.31. The van der Waals surface area contributed by atoms with E-state index < -0.39 is 23.3 Å². The van der Waals surface area contributed by atoms with Gasteiger partial charge >= 0.3 is 18.2 Å². The second-order valence-corrected chi connectivity index (χ2v) is 26.9. The molecule has 9 aromatic rings. The molecule has 3 aliphatic heterocycles. The van der Waals surface area contributed by atoms with Crippen LogP contribution in [0.25, 0.3) is 17.1 Å². The SMILES string of the molecule is C.CC(C)(C)OC(=O)N1CCc2c(ccc(N)c2F)C1.CCc1cccc(-n2nc(C)cc2C(=O)Cc2ccc3c(c2F)CCN(C(=O)OC(C)(C)C)C3)c1.CCc1cccc(-n2nc(C)cc2C(=O)O)c1.Cc1cc(C(=O)Cc2ccc3c(c2F)CCNC3)n(-c2cccc(CN)c2)n1.Cl. The highest BCUT2D eigenvalue weighted by atomic mass is 35.5. The molecule has 0 saturated heterocycles. The summed E-state index contributed by atoms with van der Waals surface area (Å²) in [4.78, 5) is 65.0. The summed E-state index contributed by atoms with van der Waals surface area (Å²) in [7, 11) is 0. The van der Waals surface area contributed by atoms with Crippen LogP contribution in [-0.2, 0) is 80.6 Å². The number of nitrogens with one attached hydrogen (secondary N) is 1. The van der Waals surface area contributed by atoms with Crippen LogP contribution in [0.2, 0.25) is 0 Å². The van der Waals surface area contributed by atoms with Crippen LogP contribution in [0.4, 0.5) is 28.4 Å². The van der Waals surface area contributed by atoms with Crippen molar-refractivity contribution in [3.63, 3.8) is 0 Å². The van der Waals surface area contributed by atoms with E-state index in [4.69, 9.17) is 26.0 Å². The van der Waals surface area contributed by atoms with Crippen LogP contribution in [0, 0.1) is 38.2 Å². The van der Waals surface area contributed by atoms with E-state index in [0.29, 0.717) is 91.3 Å². The number of nitrogens with zero attached hydrogens (tertiary/aromatic N) is 8. The van der Waals surface area contributed by atoms with Gasteiger partial charge in [-0.1, -0.05) is 88.0 Å². The summed E-state index contributed by atoms with van der Waals surface area (Å²) in [6.45, 7) is 23.8. The van der Waals surface area contributed by atoms with Crippen molar-refractivity contribution in [1.29, 1.82) is 0 Å². The summed E-state index contributed by atoms with van der Waals surface area (Å²) in [5.74, 6) is -2.30. The van der Waals surface area contributed by atoms with Gasteiger partial charge in [-0.15, -0.1) is 12.4 Å². The number of carboxylic acids is 1. The van der Waals surface area contributed by atoms with Crippen LogP contribution in [0.15, 0.2) is 127 Å². The molecule has 0 spiro atoms. The second kappa shape index (κ2) is 34.0. The number of hydrogen-bond acceptors (Lipinski definition) is 13. The lowest BCUT2D eigenvalue weighted by Crippen LogP contribution is -2.40. The van der Waals surface area contributed by atoms with Crippen molar-refractivity contribution >= 4 is 47.8 Å². The Balaban J connectivity index is 0.000000195. The molecular weight excluding hydrogens is 1310 g/mol. The zero-order valence-electron chi connectivity index (χ0n) is 58.6. The van der Waals surface area contributed by atoms with Gasteiger partial charge in [-0.2, -0.15) is 15.3 Å². The number of ketones is 2. The summed E-state index contributed by atoms with van der Waals surface area (Å²) in [6.07, 6.45) is 2.45. The zero-order valence-corrected chi connectivity index (χ0v) is 59.4. The molecule has 6 heterocycles. The molecule has 23 heteroatoms. The second-order valence-electron chi connectivity index (χ2n) is 26.9. The molecule has 0 unspecified atom stereocenters. The molecule has 2 amide bonds. The molecule has 3 aliphatic rings. The first-order valence-corrected chi connectivity index (χ1v) is 33.3. The molecule has 0 radical (unpaired) electrons. The number of nitrogens with two attached hydrogens (primary N) is 2.